The van der Waals surface area contributed by atoms with E-state index in [0.717, 1.165) is 25.1 Å². The van der Waals surface area contributed by atoms with Gasteiger partial charge >= 0.3 is 0 Å². The number of hydrogen-bond acceptors (Lipinski definition) is 3. The molecule has 1 aliphatic carbocycles. The maximum absolute atomic E-state index is 12.1. The van der Waals surface area contributed by atoms with E-state index in [2.05, 4.69) is 17.5 Å². The molecule has 110 valence electrons. The molecule has 1 aromatic rings. The van der Waals surface area contributed by atoms with E-state index in [-0.39, 0.29) is 0 Å². The van der Waals surface area contributed by atoms with Crippen LogP contribution in [0.25, 0.3) is 0 Å². The average molecular weight is 294 g/mol. The van der Waals surface area contributed by atoms with Crippen LogP contribution in [0.15, 0.2) is 41.3 Å². The molecular weight excluding hydrogens is 272 g/mol. The first kappa shape index (κ1) is 15.1. The van der Waals surface area contributed by atoms with E-state index >= 15 is 0 Å². The molecule has 4 nitrogen and oxygen atoms in total. The molecule has 0 saturated carbocycles. The predicted octanol–water partition coefficient (Wildman–Crippen LogP) is 2.71. The SMILES string of the molecule is CN(C)S(=O)(=O)c1cccc(NCC2CC=CCC2)c1. The van der Waals surface area contributed by atoms with Crippen LogP contribution in [0.2, 0.25) is 0 Å². The van der Waals surface area contributed by atoms with Crippen LogP contribution in [0.5, 0.6) is 0 Å². The molecule has 0 radical (unpaired) electrons. The molecule has 2 rings (SSSR count). The minimum Gasteiger partial charge on any atom is -0.385 e. The lowest BCUT2D eigenvalue weighted by atomic mass is 9.94. The predicted molar refractivity (Wildman–Crippen MR) is 82.3 cm³/mol. The van der Waals surface area contributed by atoms with Gasteiger partial charge in [0.2, 0.25) is 10.0 Å². The third-order valence-electron chi connectivity index (χ3n) is 3.59. The second kappa shape index (κ2) is 6.41. The Labute approximate surface area is 121 Å². The Morgan fingerprint density at radius 3 is 2.75 bits per heavy atom. The van der Waals surface area contributed by atoms with Crippen molar-refractivity contribution < 1.29 is 8.42 Å². The summed E-state index contributed by atoms with van der Waals surface area (Å²) in [5.74, 6) is 0.633. The van der Waals surface area contributed by atoms with E-state index < -0.39 is 10.0 Å². The molecular formula is C15H22N2O2S. The zero-order valence-corrected chi connectivity index (χ0v) is 12.9. The molecule has 0 heterocycles. The third kappa shape index (κ3) is 3.61. The number of allylic oxidation sites excluding steroid dienone is 2. The van der Waals surface area contributed by atoms with Gasteiger partial charge in [0, 0.05) is 26.3 Å². The Hall–Kier alpha value is -1.33. The number of sulfonamides is 1. The van der Waals surface area contributed by atoms with E-state index in [4.69, 9.17) is 0 Å². The number of rotatable bonds is 5. The fourth-order valence-corrected chi connectivity index (χ4v) is 3.23. The highest BCUT2D eigenvalue weighted by Crippen LogP contribution is 2.21. The number of benzene rings is 1. The largest absolute Gasteiger partial charge is 0.385 e. The van der Waals surface area contributed by atoms with Gasteiger partial charge in [0.05, 0.1) is 4.90 Å². The van der Waals surface area contributed by atoms with E-state index in [0.29, 0.717) is 10.8 Å². The molecule has 20 heavy (non-hydrogen) atoms. The van der Waals surface area contributed by atoms with Crippen molar-refractivity contribution in [3.8, 4) is 0 Å². The second-order valence-corrected chi connectivity index (χ2v) is 7.50. The summed E-state index contributed by atoms with van der Waals surface area (Å²) < 4.78 is 25.4. The lowest BCUT2D eigenvalue weighted by Crippen LogP contribution is -2.22. The lowest BCUT2D eigenvalue weighted by molar-refractivity contribution is 0.504. The minimum absolute atomic E-state index is 0.330. The van der Waals surface area contributed by atoms with Crippen molar-refractivity contribution in [2.45, 2.75) is 24.2 Å². The number of nitrogens with one attached hydrogen (secondary N) is 1. The minimum atomic E-state index is -3.36. The molecule has 1 aliphatic rings. The van der Waals surface area contributed by atoms with Gasteiger partial charge in [-0.1, -0.05) is 18.2 Å². The fourth-order valence-electron chi connectivity index (χ4n) is 2.28. The van der Waals surface area contributed by atoms with E-state index in [1.54, 1.807) is 32.3 Å². The van der Waals surface area contributed by atoms with Crippen LogP contribution in [0, 0.1) is 5.92 Å². The molecule has 0 aromatic heterocycles. The van der Waals surface area contributed by atoms with Crippen LogP contribution in [0.1, 0.15) is 19.3 Å². The first-order chi connectivity index (χ1) is 9.50. The van der Waals surface area contributed by atoms with Crippen LogP contribution in [-0.2, 0) is 10.0 Å². The molecule has 0 fully saturated rings. The Balaban J connectivity index is 2.05. The van der Waals surface area contributed by atoms with Gasteiger partial charge in [0.25, 0.3) is 0 Å². The standard InChI is InChI=1S/C15H22N2O2S/c1-17(2)20(18,19)15-10-6-9-14(11-15)16-12-13-7-4-3-5-8-13/h3-4,6,9-11,13,16H,5,7-8,12H2,1-2H3. The Morgan fingerprint density at radius 1 is 1.30 bits per heavy atom. The molecule has 0 aliphatic heterocycles. The highest BCUT2D eigenvalue weighted by Gasteiger charge is 2.17. The van der Waals surface area contributed by atoms with Gasteiger partial charge in [-0.3, -0.25) is 0 Å². The summed E-state index contributed by atoms with van der Waals surface area (Å²) in [7, 11) is -0.270. The third-order valence-corrected chi connectivity index (χ3v) is 5.40. The van der Waals surface area contributed by atoms with Crippen molar-refractivity contribution in [2.24, 2.45) is 5.92 Å². The molecule has 0 saturated heterocycles. The molecule has 1 unspecified atom stereocenters. The number of nitrogens with zero attached hydrogens (tertiary/aromatic N) is 1. The zero-order valence-electron chi connectivity index (χ0n) is 12.0. The van der Waals surface area contributed by atoms with Crippen molar-refractivity contribution in [1.82, 2.24) is 4.31 Å². The van der Waals surface area contributed by atoms with Crippen LogP contribution in [-0.4, -0.2) is 33.4 Å². The van der Waals surface area contributed by atoms with Gasteiger partial charge in [0.1, 0.15) is 0 Å². The smallest absolute Gasteiger partial charge is 0.242 e. The number of hydrogen-bond donors (Lipinski definition) is 1. The summed E-state index contributed by atoms with van der Waals surface area (Å²) in [6.45, 7) is 0.885. The summed E-state index contributed by atoms with van der Waals surface area (Å²) >= 11 is 0. The van der Waals surface area contributed by atoms with E-state index in [1.807, 2.05) is 6.07 Å². The highest BCUT2D eigenvalue weighted by molar-refractivity contribution is 7.89. The van der Waals surface area contributed by atoms with Gasteiger partial charge in [0.15, 0.2) is 0 Å². The monoisotopic (exact) mass is 294 g/mol. The van der Waals surface area contributed by atoms with Gasteiger partial charge in [-0.15, -0.1) is 0 Å². The second-order valence-electron chi connectivity index (χ2n) is 5.35. The first-order valence-electron chi connectivity index (χ1n) is 6.91. The number of anilines is 1. The van der Waals surface area contributed by atoms with Crippen molar-refractivity contribution in [2.75, 3.05) is 26.0 Å². The molecule has 1 atom stereocenters. The topological polar surface area (TPSA) is 49.4 Å². The van der Waals surface area contributed by atoms with Crippen molar-refractivity contribution in [3.63, 3.8) is 0 Å². The van der Waals surface area contributed by atoms with E-state index in [1.165, 1.54) is 10.7 Å². The molecule has 0 spiro atoms. The molecule has 1 aromatic carbocycles. The summed E-state index contributed by atoms with van der Waals surface area (Å²) in [6, 6.07) is 7.02. The summed E-state index contributed by atoms with van der Waals surface area (Å²) in [6.07, 6.45) is 7.88. The Kier molecular flexibility index (Phi) is 4.83. The van der Waals surface area contributed by atoms with Crippen molar-refractivity contribution in [3.05, 3.63) is 36.4 Å². The average Bonchev–Trinajstić information content (AvgIpc) is 2.46. The normalized spacial score (nSPS) is 19.2. The zero-order chi connectivity index (χ0) is 14.6. The first-order valence-corrected chi connectivity index (χ1v) is 8.35. The summed E-state index contributed by atoms with van der Waals surface area (Å²) in [5, 5.41) is 3.35. The molecule has 0 bridgehead atoms. The van der Waals surface area contributed by atoms with Crippen molar-refractivity contribution >= 4 is 15.7 Å². The molecule has 0 amide bonds. The Bertz CT molecular complexity index is 579. The summed E-state index contributed by atoms with van der Waals surface area (Å²) in [4.78, 5) is 0.330. The molecule has 1 N–H and O–H groups in total. The quantitative estimate of drug-likeness (QED) is 0.850. The maximum Gasteiger partial charge on any atom is 0.242 e. The van der Waals surface area contributed by atoms with Crippen LogP contribution in [0.4, 0.5) is 5.69 Å². The van der Waals surface area contributed by atoms with Crippen LogP contribution >= 0.6 is 0 Å². The van der Waals surface area contributed by atoms with Gasteiger partial charge in [-0.05, 0) is 43.4 Å². The van der Waals surface area contributed by atoms with Crippen LogP contribution < -0.4 is 5.32 Å². The maximum atomic E-state index is 12.1. The van der Waals surface area contributed by atoms with Gasteiger partial charge in [-0.25, -0.2) is 12.7 Å². The fraction of sp³-hybridized carbons (Fsp3) is 0.467. The summed E-state index contributed by atoms with van der Waals surface area (Å²) in [5.41, 5.74) is 0.863. The lowest BCUT2D eigenvalue weighted by Gasteiger charge is -2.19. The van der Waals surface area contributed by atoms with Crippen LogP contribution in [0.3, 0.4) is 0 Å². The van der Waals surface area contributed by atoms with Crippen molar-refractivity contribution in [1.29, 1.82) is 0 Å². The highest BCUT2D eigenvalue weighted by atomic mass is 32.2. The van der Waals surface area contributed by atoms with Gasteiger partial charge < -0.3 is 5.32 Å². The Morgan fingerprint density at radius 2 is 2.10 bits per heavy atom. The van der Waals surface area contributed by atoms with E-state index in [9.17, 15) is 8.42 Å². The van der Waals surface area contributed by atoms with Gasteiger partial charge in [-0.2, -0.15) is 0 Å². The molecule has 5 heteroatoms.